The number of carbonyl (C=O) groups excluding carboxylic acids is 1. The van der Waals surface area contributed by atoms with Gasteiger partial charge in [-0.3, -0.25) is 0 Å². The highest BCUT2D eigenvalue weighted by Gasteiger charge is 2.54. The molecule has 21 heavy (non-hydrogen) atoms. The van der Waals surface area contributed by atoms with Crippen molar-refractivity contribution in [2.45, 2.75) is 50.3 Å². The van der Waals surface area contributed by atoms with Crippen LogP contribution in [0.1, 0.15) is 32.1 Å². The van der Waals surface area contributed by atoms with Gasteiger partial charge in [0.15, 0.2) is 0 Å². The lowest BCUT2D eigenvalue weighted by Gasteiger charge is -2.34. The van der Waals surface area contributed by atoms with E-state index in [1.807, 2.05) is 0 Å². The van der Waals surface area contributed by atoms with Crippen LogP contribution in [0.15, 0.2) is 0 Å². The molecule has 4 rings (SSSR count). The molecule has 7 atom stereocenters. The summed E-state index contributed by atoms with van der Waals surface area (Å²) in [4.78, 5) is 14.1. The SMILES string of the molecule is CN(C(=O)NC1CC2CC1C1CCCC21)[C@@H]1COC[C@H]1O. The molecule has 0 aromatic carbocycles. The molecule has 4 aliphatic rings. The van der Waals surface area contributed by atoms with Gasteiger partial charge in [0.2, 0.25) is 0 Å². The van der Waals surface area contributed by atoms with Crippen molar-refractivity contribution in [2.24, 2.45) is 23.7 Å². The van der Waals surface area contributed by atoms with Gasteiger partial charge in [0.1, 0.15) is 0 Å². The summed E-state index contributed by atoms with van der Waals surface area (Å²) in [5.74, 6) is 3.36. The van der Waals surface area contributed by atoms with Crippen LogP contribution in [-0.4, -0.2) is 54.5 Å². The fraction of sp³-hybridized carbons (Fsp3) is 0.938. The monoisotopic (exact) mass is 294 g/mol. The molecule has 2 N–H and O–H groups in total. The first-order valence-corrected chi connectivity index (χ1v) is 8.44. The van der Waals surface area contributed by atoms with Gasteiger partial charge in [0.05, 0.1) is 25.4 Å². The van der Waals surface area contributed by atoms with E-state index in [-0.39, 0.29) is 12.1 Å². The number of nitrogens with one attached hydrogen (secondary N) is 1. The Bertz CT molecular complexity index is 430. The Balaban J connectivity index is 1.37. The molecule has 0 aromatic rings. The number of carbonyl (C=O) groups is 1. The van der Waals surface area contributed by atoms with Gasteiger partial charge in [0.25, 0.3) is 0 Å². The molecule has 1 saturated heterocycles. The number of aliphatic hydroxyl groups excluding tert-OH is 1. The fourth-order valence-electron chi connectivity index (χ4n) is 5.55. The lowest BCUT2D eigenvalue weighted by Crippen LogP contribution is -2.52. The second-order valence-electron chi connectivity index (χ2n) is 7.49. The lowest BCUT2D eigenvalue weighted by atomic mass is 9.79. The number of urea groups is 1. The molecular formula is C16H26N2O3. The van der Waals surface area contributed by atoms with Crippen molar-refractivity contribution in [1.29, 1.82) is 0 Å². The van der Waals surface area contributed by atoms with Gasteiger partial charge in [-0.15, -0.1) is 0 Å². The third-order valence-electron chi connectivity index (χ3n) is 6.58. The molecule has 0 radical (unpaired) electrons. The van der Waals surface area contributed by atoms with Crippen molar-refractivity contribution in [3.8, 4) is 0 Å². The van der Waals surface area contributed by atoms with Crippen LogP contribution >= 0.6 is 0 Å². The molecular weight excluding hydrogens is 268 g/mol. The topological polar surface area (TPSA) is 61.8 Å². The lowest BCUT2D eigenvalue weighted by molar-refractivity contribution is 0.101. The average Bonchev–Trinajstić information content (AvgIpc) is 3.18. The Labute approximate surface area is 126 Å². The van der Waals surface area contributed by atoms with Gasteiger partial charge in [-0.25, -0.2) is 4.79 Å². The third-order valence-corrected chi connectivity index (χ3v) is 6.58. The van der Waals surface area contributed by atoms with Crippen LogP contribution in [0.2, 0.25) is 0 Å². The summed E-state index contributed by atoms with van der Waals surface area (Å²) in [6.07, 6.45) is 6.09. The molecule has 4 fully saturated rings. The number of amides is 2. The van der Waals surface area contributed by atoms with Crippen LogP contribution in [0.3, 0.4) is 0 Å². The highest BCUT2D eigenvalue weighted by molar-refractivity contribution is 5.74. The summed E-state index contributed by atoms with van der Waals surface area (Å²) in [5.41, 5.74) is 0. The molecule has 2 bridgehead atoms. The highest BCUT2D eigenvalue weighted by Crippen LogP contribution is 2.58. The zero-order valence-corrected chi connectivity index (χ0v) is 12.7. The first-order chi connectivity index (χ1) is 10.1. The van der Waals surface area contributed by atoms with Crippen molar-refractivity contribution in [2.75, 3.05) is 20.3 Å². The minimum atomic E-state index is -0.556. The number of aliphatic hydroxyl groups is 1. The van der Waals surface area contributed by atoms with E-state index in [2.05, 4.69) is 5.32 Å². The number of likely N-dealkylation sites (N-methyl/N-ethyl adjacent to an activating group) is 1. The minimum absolute atomic E-state index is 0.0448. The highest BCUT2D eigenvalue weighted by atomic mass is 16.5. The Hall–Kier alpha value is -0.810. The average molecular weight is 294 g/mol. The maximum absolute atomic E-state index is 12.4. The van der Waals surface area contributed by atoms with E-state index in [0.717, 1.165) is 24.2 Å². The standard InChI is InChI=1S/C16H26N2O3/c1-18(14-7-21-8-15(14)19)16(20)17-13-6-9-5-12(13)11-4-2-3-10(9)11/h9-15,19H,2-8H2,1H3,(H,17,20)/t9?,10?,11?,12?,13?,14-,15-/m1/s1. The van der Waals surface area contributed by atoms with Gasteiger partial charge in [-0.2, -0.15) is 0 Å². The van der Waals surface area contributed by atoms with Crippen molar-refractivity contribution in [3.05, 3.63) is 0 Å². The number of fused-ring (bicyclic) bond motifs is 5. The first-order valence-electron chi connectivity index (χ1n) is 8.44. The van der Waals surface area contributed by atoms with Crippen LogP contribution in [0.5, 0.6) is 0 Å². The Morgan fingerprint density at radius 3 is 2.76 bits per heavy atom. The van der Waals surface area contributed by atoms with E-state index in [9.17, 15) is 9.90 Å². The normalized spacial score (nSPS) is 47.6. The van der Waals surface area contributed by atoms with Crippen LogP contribution < -0.4 is 5.32 Å². The molecule has 5 heteroatoms. The van der Waals surface area contributed by atoms with E-state index in [1.165, 1.54) is 25.7 Å². The Kier molecular flexibility index (Phi) is 3.38. The van der Waals surface area contributed by atoms with Crippen LogP contribution in [0.4, 0.5) is 4.79 Å². The van der Waals surface area contributed by atoms with E-state index in [1.54, 1.807) is 11.9 Å². The minimum Gasteiger partial charge on any atom is -0.388 e. The maximum atomic E-state index is 12.4. The summed E-state index contributed by atoms with van der Waals surface area (Å²) in [6.45, 7) is 0.771. The zero-order valence-electron chi connectivity index (χ0n) is 12.7. The van der Waals surface area contributed by atoms with Crippen LogP contribution in [0, 0.1) is 23.7 Å². The number of hydrogen-bond donors (Lipinski definition) is 2. The van der Waals surface area contributed by atoms with Crippen LogP contribution in [0.25, 0.3) is 0 Å². The zero-order chi connectivity index (χ0) is 14.6. The van der Waals surface area contributed by atoms with Gasteiger partial charge >= 0.3 is 6.03 Å². The Morgan fingerprint density at radius 2 is 2.00 bits per heavy atom. The summed E-state index contributed by atoms with van der Waals surface area (Å²) < 4.78 is 5.25. The number of hydrogen-bond acceptors (Lipinski definition) is 3. The van der Waals surface area contributed by atoms with Crippen molar-refractivity contribution in [1.82, 2.24) is 10.2 Å². The summed E-state index contributed by atoms with van der Waals surface area (Å²) in [6, 6.07) is 0.100. The first kappa shape index (κ1) is 13.8. The van der Waals surface area contributed by atoms with Crippen molar-refractivity contribution in [3.63, 3.8) is 0 Å². The molecule has 1 heterocycles. The fourth-order valence-corrected chi connectivity index (χ4v) is 5.55. The smallest absolute Gasteiger partial charge is 0.317 e. The molecule has 1 aliphatic heterocycles. The summed E-state index contributed by atoms with van der Waals surface area (Å²) in [7, 11) is 1.77. The van der Waals surface area contributed by atoms with Crippen LogP contribution in [-0.2, 0) is 4.74 Å². The van der Waals surface area contributed by atoms with Gasteiger partial charge < -0.3 is 20.1 Å². The predicted molar refractivity (Wildman–Crippen MR) is 77.7 cm³/mol. The summed E-state index contributed by atoms with van der Waals surface area (Å²) in [5, 5.41) is 13.1. The molecule has 118 valence electrons. The molecule has 5 unspecified atom stereocenters. The van der Waals surface area contributed by atoms with Crippen molar-refractivity contribution >= 4 is 6.03 Å². The van der Waals surface area contributed by atoms with Gasteiger partial charge in [-0.1, -0.05) is 6.42 Å². The molecule has 0 spiro atoms. The maximum Gasteiger partial charge on any atom is 0.317 e. The number of rotatable bonds is 2. The largest absolute Gasteiger partial charge is 0.388 e. The Morgan fingerprint density at radius 1 is 1.19 bits per heavy atom. The second-order valence-corrected chi connectivity index (χ2v) is 7.49. The van der Waals surface area contributed by atoms with E-state index in [4.69, 9.17) is 4.74 Å². The van der Waals surface area contributed by atoms with Gasteiger partial charge in [0, 0.05) is 13.1 Å². The molecule has 5 nitrogen and oxygen atoms in total. The molecule has 3 aliphatic carbocycles. The number of nitrogens with zero attached hydrogens (tertiary/aromatic N) is 1. The molecule has 2 amide bonds. The molecule has 3 saturated carbocycles. The second kappa shape index (κ2) is 5.13. The van der Waals surface area contributed by atoms with Crippen molar-refractivity contribution < 1.29 is 14.6 Å². The van der Waals surface area contributed by atoms with E-state index < -0.39 is 6.10 Å². The number of ether oxygens (including phenoxy) is 1. The summed E-state index contributed by atoms with van der Waals surface area (Å²) >= 11 is 0. The van der Waals surface area contributed by atoms with Gasteiger partial charge in [-0.05, 0) is 49.4 Å². The molecule has 0 aromatic heterocycles. The quantitative estimate of drug-likeness (QED) is 0.805. The van der Waals surface area contributed by atoms with E-state index in [0.29, 0.717) is 25.2 Å². The third kappa shape index (κ3) is 2.16. The predicted octanol–water partition coefficient (Wildman–Crippen LogP) is 1.21. The van der Waals surface area contributed by atoms with E-state index >= 15 is 0 Å².